The van der Waals surface area contributed by atoms with Crippen molar-refractivity contribution in [3.63, 3.8) is 0 Å². The number of fused-ring (bicyclic) bond motifs is 1. The fourth-order valence-corrected chi connectivity index (χ4v) is 2.34. The van der Waals surface area contributed by atoms with Crippen LogP contribution in [0.4, 0.5) is 0 Å². The number of nitrogens with one attached hydrogen (secondary N) is 1. The van der Waals surface area contributed by atoms with Gasteiger partial charge in [-0.05, 0) is 19.9 Å². The molecule has 1 N–H and O–H groups in total. The van der Waals surface area contributed by atoms with Crippen LogP contribution in [0.5, 0.6) is 6.01 Å². The molecule has 0 spiro atoms. The third-order valence-corrected chi connectivity index (χ3v) is 3.34. The lowest BCUT2D eigenvalue weighted by atomic mass is 10.2. The van der Waals surface area contributed by atoms with Gasteiger partial charge in [0, 0.05) is 26.2 Å². The van der Waals surface area contributed by atoms with Crippen LogP contribution in [0.3, 0.4) is 0 Å². The van der Waals surface area contributed by atoms with Crippen molar-refractivity contribution in [3.05, 3.63) is 5.82 Å². The molecule has 6 nitrogen and oxygen atoms in total. The molecule has 1 atom stereocenters. The largest absolute Gasteiger partial charge is 0.464 e. The predicted octanol–water partition coefficient (Wildman–Crippen LogP) is 0.0268. The van der Waals surface area contributed by atoms with Gasteiger partial charge in [-0.15, -0.1) is 0 Å². The van der Waals surface area contributed by atoms with Crippen molar-refractivity contribution in [2.75, 3.05) is 33.3 Å². The third-order valence-electron chi connectivity index (χ3n) is 3.34. The average molecular weight is 237 g/mol. The van der Waals surface area contributed by atoms with Crippen LogP contribution >= 0.6 is 0 Å². The molecular weight excluding hydrogens is 218 g/mol. The minimum atomic E-state index is 0.233. The maximum Gasteiger partial charge on any atom is 0.315 e. The van der Waals surface area contributed by atoms with Gasteiger partial charge in [-0.3, -0.25) is 0 Å². The van der Waals surface area contributed by atoms with Gasteiger partial charge in [0.15, 0.2) is 5.82 Å². The van der Waals surface area contributed by atoms with E-state index in [2.05, 4.69) is 27.3 Å². The standard InChI is InChI=1S/C11H19N5O/c1-15-6-4-12-9(8-15)10-13-11-16(14-10)5-2-3-7-17-11/h9,12H,2-8H2,1H3. The second kappa shape index (κ2) is 4.62. The van der Waals surface area contributed by atoms with Crippen molar-refractivity contribution in [2.24, 2.45) is 0 Å². The second-order valence-electron chi connectivity index (χ2n) is 4.80. The first kappa shape index (κ1) is 11.0. The second-order valence-corrected chi connectivity index (χ2v) is 4.80. The number of rotatable bonds is 1. The topological polar surface area (TPSA) is 55.2 Å². The summed E-state index contributed by atoms with van der Waals surface area (Å²) in [6, 6.07) is 0.921. The van der Waals surface area contributed by atoms with Crippen LogP contribution in [0.25, 0.3) is 0 Å². The highest BCUT2D eigenvalue weighted by molar-refractivity contribution is 5.05. The first-order chi connectivity index (χ1) is 8.33. The Kier molecular flexibility index (Phi) is 2.98. The first-order valence-electron chi connectivity index (χ1n) is 6.32. The number of aryl methyl sites for hydroxylation is 1. The summed E-state index contributed by atoms with van der Waals surface area (Å²) in [7, 11) is 2.13. The number of ether oxygens (including phenoxy) is 1. The highest BCUT2D eigenvalue weighted by atomic mass is 16.5. The van der Waals surface area contributed by atoms with Crippen LogP contribution < -0.4 is 10.1 Å². The minimum absolute atomic E-state index is 0.233. The summed E-state index contributed by atoms with van der Waals surface area (Å²) < 4.78 is 7.50. The van der Waals surface area contributed by atoms with Gasteiger partial charge in [0.25, 0.3) is 0 Å². The number of piperazine rings is 1. The van der Waals surface area contributed by atoms with E-state index in [1.807, 2.05) is 4.68 Å². The van der Waals surface area contributed by atoms with E-state index in [1.165, 1.54) is 0 Å². The normalized spacial score (nSPS) is 26.1. The molecule has 3 rings (SSSR count). The molecule has 1 saturated heterocycles. The van der Waals surface area contributed by atoms with Crippen molar-refractivity contribution in [3.8, 4) is 6.01 Å². The Morgan fingerprint density at radius 2 is 2.29 bits per heavy atom. The van der Waals surface area contributed by atoms with Crippen LogP contribution in [0.2, 0.25) is 0 Å². The zero-order chi connectivity index (χ0) is 11.7. The van der Waals surface area contributed by atoms with Gasteiger partial charge in [0.05, 0.1) is 12.6 Å². The van der Waals surface area contributed by atoms with Crippen LogP contribution in [-0.4, -0.2) is 53.0 Å². The van der Waals surface area contributed by atoms with Gasteiger partial charge >= 0.3 is 6.01 Å². The van der Waals surface area contributed by atoms with Crippen molar-refractivity contribution < 1.29 is 4.74 Å². The fraction of sp³-hybridized carbons (Fsp3) is 0.818. The highest BCUT2D eigenvalue weighted by Crippen LogP contribution is 2.19. The Hall–Kier alpha value is -1.14. The zero-order valence-electron chi connectivity index (χ0n) is 10.2. The van der Waals surface area contributed by atoms with Gasteiger partial charge in [0.2, 0.25) is 0 Å². The van der Waals surface area contributed by atoms with E-state index in [-0.39, 0.29) is 6.04 Å². The SMILES string of the molecule is CN1CCNC(c2nc3n(n2)CCCCO3)C1. The van der Waals surface area contributed by atoms with Crippen molar-refractivity contribution >= 4 is 0 Å². The van der Waals surface area contributed by atoms with Gasteiger partial charge in [-0.2, -0.15) is 10.1 Å². The molecule has 1 unspecified atom stereocenters. The molecule has 0 aromatic carbocycles. The quantitative estimate of drug-likeness (QED) is 0.746. The Morgan fingerprint density at radius 3 is 3.18 bits per heavy atom. The Bertz CT molecular complexity index is 368. The molecule has 3 heterocycles. The van der Waals surface area contributed by atoms with Gasteiger partial charge in [-0.1, -0.05) is 0 Å². The molecule has 0 aliphatic carbocycles. The lowest BCUT2D eigenvalue weighted by Gasteiger charge is -2.28. The number of hydrogen-bond donors (Lipinski definition) is 1. The average Bonchev–Trinajstić information content (AvgIpc) is 2.61. The molecule has 2 aliphatic heterocycles. The molecule has 0 amide bonds. The summed E-state index contributed by atoms with van der Waals surface area (Å²) in [5.41, 5.74) is 0. The van der Waals surface area contributed by atoms with E-state index >= 15 is 0 Å². The molecule has 0 saturated carbocycles. The molecule has 17 heavy (non-hydrogen) atoms. The number of hydrogen-bond acceptors (Lipinski definition) is 5. The Balaban J connectivity index is 1.79. The van der Waals surface area contributed by atoms with Crippen molar-refractivity contribution in [2.45, 2.75) is 25.4 Å². The van der Waals surface area contributed by atoms with E-state index in [1.54, 1.807) is 0 Å². The zero-order valence-corrected chi connectivity index (χ0v) is 10.2. The van der Waals surface area contributed by atoms with Gasteiger partial charge in [0.1, 0.15) is 0 Å². The van der Waals surface area contributed by atoms with E-state index in [4.69, 9.17) is 4.74 Å². The number of likely N-dealkylation sites (N-methyl/N-ethyl adjacent to an activating group) is 1. The molecule has 2 aliphatic rings. The minimum Gasteiger partial charge on any atom is -0.464 e. The lowest BCUT2D eigenvalue weighted by molar-refractivity contribution is 0.234. The molecule has 0 radical (unpaired) electrons. The lowest BCUT2D eigenvalue weighted by Crippen LogP contribution is -2.44. The molecular formula is C11H19N5O. The van der Waals surface area contributed by atoms with E-state index < -0.39 is 0 Å². The van der Waals surface area contributed by atoms with Crippen LogP contribution in [0.15, 0.2) is 0 Å². The molecule has 1 aromatic rings. The maximum atomic E-state index is 5.59. The third kappa shape index (κ3) is 2.28. The number of aromatic nitrogens is 3. The van der Waals surface area contributed by atoms with E-state index in [9.17, 15) is 0 Å². The summed E-state index contributed by atoms with van der Waals surface area (Å²) in [6.07, 6.45) is 2.21. The predicted molar refractivity (Wildman–Crippen MR) is 63.0 cm³/mol. The van der Waals surface area contributed by atoms with Crippen LogP contribution in [-0.2, 0) is 6.54 Å². The molecule has 1 fully saturated rings. The summed E-state index contributed by atoms with van der Waals surface area (Å²) in [6.45, 7) is 4.72. The summed E-state index contributed by atoms with van der Waals surface area (Å²) in [5.74, 6) is 0.869. The van der Waals surface area contributed by atoms with Gasteiger partial charge < -0.3 is 15.0 Å². The Morgan fingerprint density at radius 1 is 1.35 bits per heavy atom. The smallest absolute Gasteiger partial charge is 0.315 e. The Labute approximate surface area is 101 Å². The van der Waals surface area contributed by atoms with Crippen LogP contribution in [0, 0.1) is 0 Å². The van der Waals surface area contributed by atoms with Crippen LogP contribution in [0.1, 0.15) is 24.7 Å². The summed E-state index contributed by atoms with van der Waals surface area (Å²) in [4.78, 5) is 6.81. The van der Waals surface area contributed by atoms with Crippen molar-refractivity contribution in [1.82, 2.24) is 25.0 Å². The summed E-state index contributed by atoms with van der Waals surface area (Å²) >= 11 is 0. The molecule has 94 valence electrons. The highest BCUT2D eigenvalue weighted by Gasteiger charge is 2.24. The van der Waals surface area contributed by atoms with E-state index in [0.717, 1.165) is 51.5 Å². The summed E-state index contributed by atoms with van der Waals surface area (Å²) in [5, 5.41) is 8.02. The molecule has 0 bridgehead atoms. The van der Waals surface area contributed by atoms with Crippen molar-refractivity contribution in [1.29, 1.82) is 0 Å². The monoisotopic (exact) mass is 237 g/mol. The van der Waals surface area contributed by atoms with E-state index in [0.29, 0.717) is 6.01 Å². The fourth-order valence-electron chi connectivity index (χ4n) is 2.34. The van der Waals surface area contributed by atoms with Gasteiger partial charge in [-0.25, -0.2) is 4.68 Å². The molecule has 1 aromatic heterocycles. The molecule has 6 heteroatoms. The first-order valence-corrected chi connectivity index (χ1v) is 6.32. The maximum absolute atomic E-state index is 5.59. The number of nitrogens with zero attached hydrogens (tertiary/aromatic N) is 4.